The van der Waals surface area contributed by atoms with E-state index in [2.05, 4.69) is 4.98 Å². The minimum absolute atomic E-state index is 0.0418. The Balaban J connectivity index is 1.60. The van der Waals surface area contributed by atoms with Crippen molar-refractivity contribution in [2.45, 2.75) is 44.3 Å². The maximum Gasteiger partial charge on any atom is 0.309 e. The predicted molar refractivity (Wildman–Crippen MR) is 120 cm³/mol. The molecule has 0 radical (unpaired) electrons. The number of halogens is 3. The van der Waals surface area contributed by atoms with Crippen molar-refractivity contribution in [1.29, 1.82) is 0 Å². The van der Waals surface area contributed by atoms with Gasteiger partial charge in [0.05, 0.1) is 19.1 Å². The Bertz CT molecular complexity index is 1210. The summed E-state index contributed by atoms with van der Waals surface area (Å²) in [5.74, 6) is -2.33. The molecule has 1 N–H and O–H groups in total. The summed E-state index contributed by atoms with van der Waals surface area (Å²) < 4.78 is 50.6. The van der Waals surface area contributed by atoms with Crippen molar-refractivity contribution in [2.75, 3.05) is 20.2 Å². The number of alkyl halides is 1. The van der Waals surface area contributed by atoms with Gasteiger partial charge in [0.2, 0.25) is 0 Å². The van der Waals surface area contributed by atoms with Gasteiger partial charge in [0.25, 0.3) is 0 Å². The lowest BCUT2D eigenvalue weighted by Gasteiger charge is -2.38. The van der Waals surface area contributed by atoms with Crippen LogP contribution in [0.15, 0.2) is 36.4 Å². The van der Waals surface area contributed by atoms with Crippen molar-refractivity contribution in [1.82, 2.24) is 9.88 Å². The zero-order valence-electron chi connectivity index (χ0n) is 18.9. The van der Waals surface area contributed by atoms with E-state index in [1.807, 2.05) is 29.2 Å². The van der Waals surface area contributed by atoms with Crippen LogP contribution >= 0.6 is 0 Å². The number of hydrogen-bond acceptors (Lipinski definition) is 3. The number of carbonyl (C=O) groups excluding carboxylic acids is 1. The number of aromatic nitrogens is 1. The molecule has 2 aliphatic rings. The monoisotopic (exact) mass is 456 g/mol. The van der Waals surface area contributed by atoms with E-state index in [1.165, 1.54) is 33.1 Å². The number of carbonyl (C=O) groups is 1. The number of nitrogens with one attached hydrogen (secondary N) is 1. The Kier molecular flexibility index (Phi) is 5.27. The van der Waals surface area contributed by atoms with E-state index in [0.29, 0.717) is 30.6 Å². The standard InChI is InChI=1S/C26H27F3N2O2/c1-26(2,29)13-31-9-8-16-15-6-4-5-7-21(15)30-23(16)24(31)22-19(27)10-14(11-20(22)28)17-12-18(17)25(32)33-3/h4-7,10-11,17-18,24,30H,8-9,12-13H2,1-3H3. The van der Waals surface area contributed by atoms with Gasteiger partial charge in [-0.15, -0.1) is 0 Å². The second-order valence-electron chi connectivity index (χ2n) is 9.77. The van der Waals surface area contributed by atoms with Gasteiger partial charge in [0.1, 0.15) is 17.3 Å². The molecule has 174 valence electrons. The molecule has 2 aromatic carbocycles. The van der Waals surface area contributed by atoms with Gasteiger partial charge < -0.3 is 9.72 Å². The molecule has 1 aliphatic heterocycles. The molecule has 4 nitrogen and oxygen atoms in total. The molecule has 3 aromatic rings. The van der Waals surface area contributed by atoms with Gasteiger partial charge in [-0.25, -0.2) is 13.2 Å². The highest BCUT2D eigenvalue weighted by Crippen LogP contribution is 2.49. The van der Waals surface area contributed by atoms with Crippen LogP contribution < -0.4 is 0 Å². The number of fused-ring (bicyclic) bond motifs is 3. The summed E-state index contributed by atoms with van der Waals surface area (Å²) in [5, 5.41) is 1.02. The van der Waals surface area contributed by atoms with Crippen LogP contribution in [0.2, 0.25) is 0 Å². The zero-order valence-corrected chi connectivity index (χ0v) is 18.9. The predicted octanol–water partition coefficient (Wildman–Crippen LogP) is 5.42. The lowest BCUT2D eigenvalue weighted by molar-refractivity contribution is -0.142. The number of para-hydroxylation sites is 1. The van der Waals surface area contributed by atoms with Crippen molar-refractivity contribution < 1.29 is 22.7 Å². The molecule has 0 bridgehead atoms. The molecule has 3 atom stereocenters. The van der Waals surface area contributed by atoms with E-state index in [4.69, 9.17) is 4.74 Å². The molecule has 7 heteroatoms. The van der Waals surface area contributed by atoms with Crippen LogP contribution in [0.5, 0.6) is 0 Å². The summed E-state index contributed by atoms with van der Waals surface area (Å²) in [6.07, 6.45) is 1.18. The van der Waals surface area contributed by atoms with Gasteiger partial charge in [-0.05, 0) is 61.9 Å². The molecule has 1 aromatic heterocycles. The number of rotatable bonds is 5. The summed E-state index contributed by atoms with van der Waals surface area (Å²) in [6.45, 7) is 3.47. The number of nitrogens with zero attached hydrogens (tertiary/aromatic N) is 1. The van der Waals surface area contributed by atoms with Crippen molar-refractivity contribution in [3.63, 3.8) is 0 Å². The zero-order chi connectivity index (χ0) is 23.5. The molecule has 0 spiro atoms. The van der Waals surface area contributed by atoms with Crippen molar-refractivity contribution >= 4 is 16.9 Å². The highest BCUT2D eigenvalue weighted by molar-refractivity contribution is 5.85. The smallest absolute Gasteiger partial charge is 0.309 e. The van der Waals surface area contributed by atoms with Gasteiger partial charge in [-0.2, -0.15) is 0 Å². The number of H-pyrrole nitrogens is 1. The number of ether oxygens (including phenoxy) is 1. The van der Waals surface area contributed by atoms with E-state index in [9.17, 15) is 9.18 Å². The first kappa shape index (κ1) is 22.0. The van der Waals surface area contributed by atoms with Gasteiger partial charge in [-0.1, -0.05) is 18.2 Å². The molecule has 1 saturated carbocycles. The molecule has 1 aliphatic carbocycles. The quantitative estimate of drug-likeness (QED) is 0.522. The second-order valence-corrected chi connectivity index (χ2v) is 9.77. The summed E-state index contributed by atoms with van der Waals surface area (Å²) in [6, 6.07) is 9.64. The number of aromatic amines is 1. The van der Waals surface area contributed by atoms with Crippen LogP contribution in [0.4, 0.5) is 13.2 Å². The largest absolute Gasteiger partial charge is 0.469 e. The molecular formula is C26H27F3N2O2. The Hall–Kier alpha value is -2.80. The highest BCUT2D eigenvalue weighted by Gasteiger charge is 2.46. The number of hydrogen-bond donors (Lipinski definition) is 1. The average Bonchev–Trinajstić information content (AvgIpc) is 3.47. The van der Waals surface area contributed by atoms with Crippen molar-refractivity contribution in [3.05, 3.63) is 70.4 Å². The molecule has 1 fully saturated rings. The van der Waals surface area contributed by atoms with Crippen LogP contribution in [0.1, 0.15) is 54.6 Å². The Labute approximate surface area is 190 Å². The number of benzene rings is 2. The lowest BCUT2D eigenvalue weighted by atomic mass is 9.89. The number of methoxy groups -OCH3 is 1. The van der Waals surface area contributed by atoms with Crippen LogP contribution in [-0.2, 0) is 16.0 Å². The molecule has 0 amide bonds. The van der Waals surface area contributed by atoms with E-state index in [0.717, 1.165) is 16.5 Å². The average molecular weight is 457 g/mol. The minimum atomic E-state index is -1.53. The molecule has 2 heterocycles. The summed E-state index contributed by atoms with van der Waals surface area (Å²) >= 11 is 0. The van der Waals surface area contributed by atoms with Gasteiger partial charge in [0.15, 0.2) is 0 Å². The fraction of sp³-hybridized carbons (Fsp3) is 0.423. The maximum absolute atomic E-state index is 15.6. The molecule has 33 heavy (non-hydrogen) atoms. The Morgan fingerprint density at radius 2 is 1.91 bits per heavy atom. The topological polar surface area (TPSA) is 45.3 Å². The fourth-order valence-corrected chi connectivity index (χ4v) is 5.33. The molecule has 3 unspecified atom stereocenters. The molecular weight excluding hydrogens is 429 g/mol. The van der Waals surface area contributed by atoms with E-state index in [-0.39, 0.29) is 29.9 Å². The van der Waals surface area contributed by atoms with Crippen molar-refractivity contribution in [2.24, 2.45) is 5.92 Å². The second kappa shape index (κ2) is 7.90. The first-order valence-corrected chi connectivity index (χ1v) is 11.3. The molecule has 5 rings (SSSR count). The Morgan fingerprint density at radius 3 is 2.58 bits per heavy atom. The third-order valence-corrected chi connectivity index (χ3v) is 6.81. The third-order valence-electron chi connectivity index (χ3n) is 6.81. The normalized spacial score (nSPS) is 22.9. The third kappa shape index (κ3) is 3.92. The first-order chi connectivity index (χ1) is 15.7. The van der Waals surface area contributed by atoms with E-state index in [1.54, 1.807) is 0 Å². The van der Waals surface area contributed by atoms with E-state index >= 15 is 8.78 Å². The highest BCUT2D eigenvalue weighted by atomic mass is 19.1. The Morgan fingerprint density at radius 1 is 1.21 bits per heavy atom. The van der Waals surface area contributed by atoms with Crippen LogP contribution in [0.3, 0.4) is 0 Å². The molecule has 0 saturated heterocycles. The summed E-state index contributed by atoms with van der Waals surface area (Å²) in [5.41, 5.74) is 1.44. The van der Waals surface area contributed by atoms with Gasteiger partial charge in [-0.3, -0.25) is 9.69 Å². The van der Waals surface area contributed by atoms with Crippen LogP contribution in [0, 0.1) is 17.6 Å². The lowest BCUT2D eigenvalue weighted by Crippen LogP contribution is -2.43. The van der Waals surface area contributed by atoms with E-state index < -0.39 is 23.3 Å². The maximum atomic E-state index is 15.6. The summed E-state index contributed by atoms with van der Waals surface area (Å²) in [4.78, 5) is 17.0. The minimum Gasteiger partial charge on any atom is -0.469 e. The van der Waals surface area contributed by atoms with Gasteiger partial charge in [0, 0.05) is 35.2 Å². The summed E-state index contributed by atoms with van der Waals surface area (Å²) in [7, 11) is 1.31. The van der Waals surface area contributed by atoms with Gasteiger partial charge >= 0.3 is 5.97 Å². The van der Waals surface area contributed by atoms with Crippen LogP contribution in [-0.4, -0.2) is 41.7 Å². The van der Waals surface area contributed by atoms with Crippen LogP contribution in [0.25, 0.3) is 10.9 Å². The first-order valence-electron chi connectivity index (χ1n) is 11.3. The van der Waals surface area contributed by atoms with Crippen molar-refractivity contribution in [3.8, 4) is 0 Å². The SMILES string of the molecule is COC(=O)C1CC1c1cc(F)c(C2c3[nH]c4ccccc4c3CCN2CC(C)(C)F)c(F)c1. The fourth-order valence-electron chi connectivity index (χ4n) is 5.33. The number of esters is 1.